The van der Waals surface area contributed by atoms with E-state index in [0.717, 1.165) is 46.8 Å². The molecule has 0 fully saturated rings. The van der Waals surface area contributed by atoms with Crippen LogP contribution < -0.4 is 14.2 Å². The molecule has 0 bridgehead atoms. The molecule has 0 N–H and O–H groups in total. The average molecular weight is 434 g/mol. The number of esters is 1. The van der Waals surface area contributed by atoms with Crippen molar-refractivity contribution in [3.8, 4) is 28.4 Å². The molecule has 166 valence electrons. The molecule has 1 aliphatic rings. The van der Waals surface area contributed by atoms with Crippen LogP contribution in [0.25, 0.3) is 11.1 Å². The van der Waals surface area contributed by atoms with Crippen molar-refractivity contribution in [1.29, 1.82) is 0 Å². The van der Waals surface area contributed by atoms with Crippen LogP contribution in [0.2, 0.25) is 0 Å². The van der Waals surface area contributed by atoms with Crippen LogP contribution in [0, 0.1) is 0 Å². The minimum Gasteiger partial charge on any atom is -0.496 e. The van der Waals surface area contributed by atoms with E-state index in [2.05, 4.69) is 11.0 Å². The third kappa shape index (κ3) is 4.55. The molecule has 3 aromatic carbocycles. The Morgan fingerprint density at radius 2 is 1.72 bits per heavy atom. The summed E-state index contributed by atoms with van der Waals surface area (Å²) < 4.78 is 22.1. The van der Waals surface area contributed by atoms with Crippen LogP contribution in [0.3, 0.4) is 0 Å². The van der Waals surface area contributed by atoms with Gasteiger partial charge in [-0.15, -0.1) is 0 Å². The van der Waals surface area contributed by atoms with Crippen molar-refractivity contribution in [3.05, 3.63) is 77.4 Å². The zero-order chi connectivity index (χ0) is 22.5. The molecule has 32 heavy (non-hydrogen) atoms. The van der Waals surface area contributed by atoms with E-state index in [1.165, 1.54) is 7.11 Å². The van der Waals surface area contributed by atoms with Gasteiger partial charge in [-0.1, -0.05) is 30.3 Å². The van der Waals surface area contributed by atoms with Crippen molar-refractivity contribution in [2.45, 2.75) is 13.1 Å². The highest BCUT2D eigenvalue weighted by Gasteiger charge is 2.21. The van der Waals surface area contributed by atoms with E-state index in [1.54, 1.807) is 26.4 Å². The van der Waals surface area contributed by atoms with E-state index < -0.39 is 0 Å². The van der Waals surface area contributed by atoms with Gasteiger partial charge >= 0.3 is 5.97 Å². The van der Waals surface area contributed by atoms with Gasteiger partial charge in [0.25, 0.3) is 0 Å². The summed E-state index contributed by atoms with van der Waals surface area (Å²) in [5, 5.41) is 0. The number of hydrogen-bond donors (Lipinski definition) is 0. The minimum absolute atomic E-state index is 0.329. The third-order valence-electron chi connectivity index (χ3n) is 5.60. The number of para-hydroxylation sites is 1. The Bertz CT molecular complexity index is 1090. The number of fused-ring (bicyclic) bond motifs is 1. The first kappa shape index (κ1) is 21.7. The Kier molecular flexibility index (Phi) is 6.61. The maximum Gasteiger partial charge on any atom is 0.337 e. The number of benzene rings is 3. The standard InChI is InChI=1S/C26H27NO5/c1-29-23-7-5-4-6-22(23)20-14-21-17-27(12-13-32-25(21)24(15-20)30-2)16-18-8-10-19(11-9-18)26(28)31-3/h4-11,14-15H,12-13,16-17H2,1-3H3. The molecule has 3 aromatic rings. The summed E-state index contributed by atoms with van der Waals surface area (Å²) in [6, 6.07) is 19.6. The number of methoxy groups -OCH3 is 3. The molecular weight excluding hydrogens is 406 g/mol. The van der Waals surface area contributed by atoms with Gasteiger partial charge in [0.2, 0.25) is 0 Å². The van der Waals surface area contributed by atoms with Crippen LogP contribution in [0.1, 0.15) is 21.5 Å². The molecule has 0 aromatic heterocycles. The van der Waals surface area contributed by atoms with Crippen molar-refractivity contribution >= 4 is 5.97 Å². The van der Waals surface area contributed by atoms with Gasteiger partial charge in [0.15, 0.2) is 11.5 Å². The number of carbonyl (C=O) groups excluding carboxylic acids is 1. The van der Waals surface area contributed by atoms with E-state index >= 15 is 0 Å². The predicted molar refractivity (Wildman–Crippen MR) is 122 cm³/mol. The normalized spacial score (nSPS) is 13.5. The molecule has 6 heteroatoms. The largest absolute Gasteiger partial charge is 0.496 e. The fourth-order valence-electron chi connectivity index (χ4n) is 3.99. The topological polar surface area (TPSA) is 57.2 Å². The van der Waals surface area contributed by atoms with Crippen molar-refractivity contribution in [2.24, 2.45) is 0 Å². The van der Waals surface area contributed by atoms with Crippen molar-refractivity contribution in [2.75, 3.05) is 34.5 Å². The highest BCUT2D eigenvalue weighted by atomic mass is 16.5. The molecule has 0 aliphatic carbocycles. The summed E-state index contributed by atoms with van der Waals surface area (Å²) in [4.78, 5) is 14.0. The smallest absolute Gasteiger partial charge is 0.337 e. The molecule has 4 rings (SSSR count). The van der Waals surface area contributed by atoms with E-state index in [0.29, 0.717) is 24.5 Å². The lowest BCUT2D eigenvalue weighted by Gasteiger charge is -2.20. The van der Waals surface area contributed by atoms with Gasteiger partial charge in [0.1, 0.15) is 12.4 Å². The van der Waals surface area contributed by atoms with Gasteiger partial charge in [0, 0.05) is 30.8 Å². The summed E-state index contributed by atoms with van der Waals surface area (Å²) in [6.07, 6.45) is 0. The van der Waals surface area contributed by atoms with Crippen LogP contribution in [0.5, 0.6) is 17.2 Å². The maximum absolute atomic E-state index is 11.7. The lowest BCUT2D eigenvalue weighted by Crippen LogP contribution is -2.25. The van der Waals surface area contributed by atoms with Gasteiger partial charge in [-0.3, -0.25) is 4.90 Å². The fourth-order valence-corrected chi connectivity index (χ4v) is 3.99. The zero-order valence-electron chi connectivity index (χ0n) is 18.6. The van der Waals surface area contributed by atoms with Gasteiger partial charge in [-0.2, -0.15) is 0 Å². The SMILES string of the molecule is COC(=O)c1ccc(CN2CCOc3c(cc(-c4ccccc4OC)cc3OC)C2)cc1. The molecule has 1 heterocycles. The average Bonchev–Trinajstić information content (AvgIpc) is 3.05. The second-order valence-corrected chi connectivity index (χ2v) is 7.61. The predicted octanol–water partition coefficient (Wildman–Crippen LogP) is 4.55. The Morgan fingerprint density at radius 1 is 0.969 bits per heavy atom. The second kappa shape index (κ2) is 9.75. The third-order valence-corrected chi connectivity index (χ3v) is 5.60. The van der Waals surface area contributed by atoms with Crippen molar-refractivity contribution < 1.29 is 23.7 Å². The number of nitrogens with zero attached hydrogens (tertiary/aromatic N) is 1. The number of ether oxygens (including phenoxy) is 4. The number of carbonyl (C=O) groups is 1. The Labute approximate surface area is 188 Å². The van der Waals surface area contributed by atoms with Crippen molar-refractivity contribution in [1.82, 2.24) is 4.90 Å². The molecule has 0 saturated heterocycles. The van der Waals surface area contributed by atoms with Gasteiger partial charge in [-0.05, 0) is 41.5 Å². The van der Waals surface area contributed by atoms with E-state index in [9.17, 15) is 4.79 Å². The Balaban J connectivity index is 1.62. The summed E-state index contributed by atoms with van der Waals surface area (Å²) in [5.41, 5.74) is 4.76. The molecule has 0 amide bonds. The Hall–Kier alpha value is -3.51. The fraction of sp³-hybridized carbons (Fsp3) is 0.269. The van der Waals surface area contributed by atoms with Crippen LogP contribution in [0.15, 0.2) is 60.7 Å². The molecule has 0 unspecified atom stereocenters. The summed E-state index contributed by atoms with van der Waals surface area (Å²) in [7, 11) is 4.73. The first-order valence-electron chi connectivity index (χ1n) is 10.5. The highest BCUT2D eigenvalue weighted by Crippen LogP contribution is 2.40. The van der Waals surface area contributed by atoms with Crippen LogP contribution in [0.4, 0.5) is 0 Å². The molecule has 0 saturated carbocycles. The Morgan fingerprint density at radius 3 is 2.44 bits per heavy atom. The zero-order valence-corrected chi connectivity index (χ0v) is 18.6. The van der Waals surface area contributed by atoms with E-state index in [-0.39, 0.29) is 5.97 Å². The quantitative estimate of drug-likeness (QED) is 0.532. The lowest BCUT2D eigenvalue weighted by atomic mass is 10.0. The monoisotopic (exact) mass is 433 g/mol. The molecular formula is C26H27NO5. The van der Waals surface area contributed by atoms with Crippen LogP contribution in [-0.2, 0) is 17.8 Å². The number of hydrogen-bond acceptors (Lipinski definition) is 6. The first-order chi connectivity index (χ1) is 15.6. The van der Waals surface area contributed by atoms with Gasteiger partial charge in [-0.25, -0.2) is 4.79 Å². The maximum atomic E-state index is 11.7. The summed E-state index contributed by atoms with van der Waals surface area (Å²) in [6.45, 7) is 2.80. The molecule has 6 nitrogen and oxygen atoms in total. The second-order valence-electron chi connectivity index (χ2n) is 7.61. The molecule has 0 radical (unpaired) electrons. The lowest BCUT2D eigenvalue weighted by molar-refractivity contribution is 0.0600. The highest BCUT2D eigenvalue weighted by molar-refractivity contribution is 5.89. The van der Waals surface area contributed by atoms with Crippen molar-refractivity contribution in [3.63, 3.8) is 0 Å². The summed E-state index contributed by atoms with van der Waals surface area (Å²) in [5.74, 6) is 1.98. The van der Waals surface area contributed by atoms with Gasteiger partial charge in [0.05, 0.1) is 26.9 Å². The van der Waals surface area contributed by atoms with E-state index in [1.807, 2.05) is 42.5 Å². The van der Waals surface area contributed by atoms with Crippen LogP contribution >= 0.6 is 0 Å². The molecule has 0 atom stereocenters. The molecule has 0 spiro atoms. The van der Waals surface area contributed by atoms with Crippen LogP contribution in [-0.4, -0.2) is 45.4 Å². The number of rotatable bonds is 6. The minimum atomic E-state index is -0.329. The molecule has 1 aliphatic heterocycles. The first-order valence-corrected chi connectivity index (χ1v) is 10.5. The van der Waals surface area contributed by atoms with Gasteiger partial charge < -0.3 is 18.9 Å². The van der Waals surface area contributed by atoms with E-state index in [4.69, 9.17) is 18.9 Å². The summed E-state index contributed by atoms with van der Waals surface area (Å²) >= 11 is 0.